The highest BCUT2D eigenvalue weighted by atomic mass is 16.5. The Morgan fingerprint density at radius 3 is 2.40 bits per heavy atom. The van der Waals surface area contributed by atoms with Crippen molar-refractivity contribution in [2.24, 2.45) is 0 Å². The SMILES string of the molecule is CC(=O)Oc1ccc(NCC(=O)O)cc1. The van der Waals surface area contributed by atoms with Crippen LogP contribution in [0.1, 0.15) is 6.92 Å². The topological polar surface area (TPSA) is 75.6 Å². The molecule has 1 aromatic rings. The molecule has 0 aliphatic carbocycles. The Morgan fingerprint density at radius 2 is 1.93 bits per heavy atom. The molecule has 0 unspecified atom stereocenters. The molecule has 0 heterocycles. The molecule has 1 rings (SSSR count). The highest BCUT2D eigenvalue weighted by Gasteiger charge is 1.99. The zero-order valence-corrected chi connectivity index (χ0v) is 8.19. The number of carbonyl (C=O) groups is 2. The Kier molecular flexibility index (Phi) is 3.68. The van der Waals surface area contributed by atoms with Crippen LogP contribution in [0.2, 0.25) is 0 Å². The molecule has 15 heavy (non-hydrogen) atoms. The average molecular weight is 209 g/mol. The quantitative estimate of drug-likeness (QED) is 0.573. The zero-order valence-electron chi connectivity index (χ0n) is 8.19. The molecule has 0 saturated heterocycles. The number of hydrogen-bond acceptors (Lipinski definition) is 4. The van der Waals surface area contributed by atoms with E-state index in [4.69, 9.17) is 9.84 Å². The van der Waals surface area contributed by atoms with Crippen molar-refractivity contribution in [3.8, 4) is 5.75 Å². The summed E-state index contributed by atoms with van der Waals surface area (Å²) in [7, 11) is 0. The fourth-order valence-electron chi connectivity index (χ4n) is 0.984. The first-order valence-electron chi connectivity index (χ1n) is 4.32. The second kappa shape index (κ2) is 4.99. The molecule has 0 aromatic heterocycles. The van der Waals surface area contributed by atoms with Gasteiger partial charge < -0.3 is 15.2 Å². The van der Waals surface area contributed by atoms with Crippen molar-refractivity contribution in [2.75, 3.05) is 11.9 Å². The van der Waals surface area contributed by atoms with Crippen LogP contribution < -0.4 is 10.1 Å². The van der Waals surface area contributed by atoms with Crippen molar-refractivity contribution in [1.82, 2.24) is 0 Å². The zero-order chi connectivity index (χ0) is 11.3. The molecule has 0 radical (unpaired) electrons. The summed E-state index contributed by atoms with van der Waals surface area (Å²) in [4.78, 5) is 20.9. The Morgan fingerprint density at radius 1 is 1.33 bits per heavy atom. The van der Waals surface area contributed by atoms with Crippen LogP contribution in [0.25, 0.3) is 0 Å². The van der Waals surface area contributed by atoms with Gasteiger partial charge in [-0.25, -0.2) is 0 Å². The van der Waals surface area contributed by atoms with E-state index in [1.54, 1.807) is 24.3 Å². The Bertz CT molecular complexity index is 358. The van der Waals surface area contributed by atoms with Crippen LogP contribution in [-0.2, 0) is 9.59 Å². The molecule has 0 saturated carbocycles. The van der Waals surface area contributed by atoms with E-state index in [1.807, 2.05) is 0 Å². The first-order valence-corrected chi connectivity index (χ1v) is 4.32. The van der Waals surface area contributed by atoms with Gasteiger partial charge in [0.05, 0.1) is 0 Å². The molecule has 0 bridgehead atoms. The third-order valence-corrected chi connectivity index (χ3v) is 1.56. The molecule has 0 aliphatic rings. The third-order valence-electron chi connectivity index (χ3n) is 1.56. The van der Waals surface area contributed by atoms with Gasteiger partial charge in [-0.3, -0.25) is 9.59 Å². The van der Waals surface area contributed by atoms with Gasteiger partial charge in [-0.1, -0.05) is 0 Å². The Balaban J connectivity index is 2.56. The first-order chi connectivity index (χ1) is 7.08. The maximum Gasteiger partial charge on any atom is 0.322 e. The molecule has 0 aliphatic heterocycles. The van der Waals surface area contributed by atoms with Gasteiger partial charge in [0.1, 0.15) is 12.3 Å². The van der Waals surface area contributed by atoms with Gasteiger partial charge in [0.2, 0.25) is 0 Å². The van der Waals surface area contributed by atoms with Crippen LogP contribution in [0.4, 0.5) is 5.69 Å². The lowest BCUT2D eigenvalue weighted by Gasteiger charge is -2.04. The number of esters is 1. The molecule has 0 spiro atoms. The third kappa shape index (κ3) is 4.12. The van der Waals surface area contributed by atoms with E-state index in [0.29, 0.717) is 11.4 Å². The molecule has 0 amide bonds. The number of rotatable bonds is 4. The van der Waals surface area contributed by atoms with E-state index in [2.05, 4.69) is 5.32 Å². The number of ether oxygens (including phenoxy) is 1. The maximum absolute atomic E-state index is 10.6. The summed E-state index contributed by atoms with van der Waals surface area (Å²) < 4.78 is 4.81. The minimum absolute atomic E-state index is 0.146. The number of aliphatic carboxylic acids is 1. The Labute approximate surface area is 86.7 Å². The monoisotopic (exact) mass is 209 g/mol. The van der Waals surface area contributed by atoms with Crippen molar-refractivity contribution in [3.05, 3.63) is 24.3 Å². The van der Waals surface area contributed by atoms with Crippen molar-refractivity contribution in [2.45, 2.75) is 6.92 Å². The van der Waals surface area contributed by atoms with Crippen molar-refractivity contribution >= 4 is 17.6 Å². The van der Waals surface area contributed by atoms with Crippen molar-refractivity contribution in [1.29, 1.82) is 0 Å². The predicted molar refractivity (Wildman–Crippen MR) is 53.9 cm³/mol. The summed E-state index contributed by atoms with van der Waals surface area (Å²) >= 11 is 0. The molecule has 0 atom stereocenters. The van der Waals surface area contributed by atoms with Crippen LogP contribution in [0.15, 0.2) is 24.3 Å². The average Bonchev–Trinajstić information content (AvgIpc) is 2.16. The highest BCUT2D eigenvalue weighted by Crippen LogP contribution is 2.15. The number of anilines is 1. The molecule has 0 fully saturated rings. The minimum atomic E-state index is -0.931. The molecular weight excluding hydrogens is 198 g/mol. The highest BCUT2D eigenvalue weighted by molar-refractivity contribution is 5.73. The van der Waals surface area contributed by atoms with Crippen molar-refractivity contribution in [3.63, 3.8) is 0 Å². The Hall–Kier alpha value is -2.04. The van der Waals surface area contributed by atoms with Gasteiger partial charge in [0, 0.05) is 12.6 Å². The number of nitrogens with one attached hydrogen (secondary N) is 1. The minimum Gasteiger partial charge on any atom is -0.480 e. The lowest BCUT2D eigenvalue weighted by atomic mass is 10.3. The van der Waals surface area contributed by atoms with Crippen LogP contribution in [0, 0.1) is 0 Å². The standard InChI is InChI=1S/C10H11NO4/c1-7(12)15-9-4-2-8(3-5-9)11-6-10(13)14/h2-5,11H,6H2,1H3,(H,13,14). The summed E-state index contributed by atoms with van der Waals surface area (Å²) in [6, 6.07) is 6.46. The summed E-state index contributed by atoms with van der Waals surface area (Å²) in [5, 5.41) is 11.1. The van der Waals surface area contributed by atoms with E-state index in [0.717, 1.165) is 0 Å². The summed E-state index contributed by atoms with van der Waals surface area (Å²) in [5.41, 5.74) is 0.660. The smallest absolute Gasteiger partial charge is 0.322 e. The second-order valence-electron chi connectivity index (χ2n) is 2.87. The van der Waals surface area contributed by atoms with Gasteiger partial charge in [0.15, 0.2) is 0 Å². The van der Waals surface area contributed by atoms with E-state index >= 15 is 0 Å². The van der Waals surface area contributed by atoms with Crippen LogP contribution in [0.3, 0.4) is 0 Å². The largest absolute Gasteiger partial charge is 0.480 e. The number of carboxylic acids is 1. The number of hydrogen-bond donors (Lipinski definition) is 2. The molecule has 80 valence electrons. The van der Waals surface area contributed by atoms with E-state index in [9.17, 15) is 9.59 Å². The van der Waals surface area contributed by atoms with Gasteiger partial charge in [-0.05, 0) is 24.3 Å². The lowest BCUT2D eigenvalue weighted by molar-refractivity contribution is -0.135. The van der Waals surface area contributed by atoms with Crippen LogP contribution >= 0.6 is 0 Å². The van der Waals surface area contributed by atoms with E-state index in [-0.39, 0.29) is 12.5 Å². The molecular formula is C10H11NO4. The summed E-state index contributed by atoms with van der Waals surface area (Å²) in [6.07, 6.45) is 0. The van der Waals surface area contributed by atoms with Gasteiger partial charge >= 0.3 is 11.9 Å². The number of benzene rings is 1. The fraction of sp³-hybridized carbons (Fsp3) is 0.200. The maximum atomic E-state index is 10.6. The normalized spacial score (nSPS) is 9.40. The van der Waals surface area contributed by atoms with Crippen LogP contribution in [0.5, 0.6) is 5.75 Å². The van der Waals surface area contributed by atoms with E-state index < -0.39 is 5.97 Å². The molecule has 5 nitrogen and oxygen atoms in total. The van der Waals surface area contributed by atoms with Gasteiger partial charge in [0.25, 0.3) is 0 Å². The van der Waals surface area contributed by atoms with Gasteiger partial charge in [-0.2, -0.15) is 0 Å². The summed E-state index contributed by atoms with van der Waals surface area (Å²) in [5.74, 6) is -0.885. The molecule has 2 N–H and O–H groups in total. The molecule has 5 heteroatoms. The number of carbonyl (C=O) groups excluding carboxylic acids is 1. The van der Waals surface area contributed by atoms with E-state index in [1.165, 1.54) is 6.92 Å². The van der Waals surface area contributed by atoms with Crippen LogP contribution in [-0.4, -0.2) is 23.6 Å². The predicted octanol–water partition coefficient (Wildman–Crippen LogP) is 1.11. The number of carboxylic acid groups (broad SMARTS) is 1. The lowest BCUT2D eigenvalue weighted by Crippen LogP contribution is -2.12. The second-order valence-corrected chi connectivity index (χ2v) is 2.87. The summed E-state index contributed by atoms with van der Waals surface area (Å²) in [6.45, 7) is 1.17. The fourth-order valence-corrected chi connectivity index (χ4v) is 0.984. The first kappa shape index (κ1) is 11.0. The van der Waals surface area contributed by atoms with Crippen molar-refractivity contribution < 1.29 is 19.4 Å². The molecule has 1 aromatic carbocycles. The van der Waals surface area contributed by atoms with Gasteiger partial charge in [-0.15, -0.1) is 0 Å².